The van der Waals surface area contributed by atoms with E-state index in [0.717, 1.165) is 5.69 Å². The number of nitrogens with zero attached hydrogens (tertiary/aromatic N) is 2. The molecular weight excluding hydrogens is 292 g/mol. The highest BCUT2D eigenvalue weighted by Gasteiger charge is 2.12. The van der Waals surface area contributed by atoms with E-state index in [4.69, 9.17) is 4.74 Å². The Hall–Kier alpha value is -2.76. The van der Waals surface area contributed by atoms with Crippen LogP contribution in [0.5, 0.6) is 5.88 Å². The van der Waals surface area contributed by atoms with Crippen molar-refractivity contribution in [3.05, 3.63) is 48.7 Å². The lowest BCUT2D eigenvalue weighted by atomic mass is 10.2. The Morgan fingerprint density at radius 1 is 1.26 bits per heavy atom. The number of pyridine rings is 1. The standard InChI is InChI=1S/C17H22N4O2/c1-13(21(2)14-8-5-4-6-9-14)12-19-17(22)20-15-10-7-11-18-16(15)23-3/h4-11,13H,12H2,1-3H3,(H2,19,20,22). The lowest BCUT2D eigenvalue weighted by Crippen LogP contribution is -2.41. The minimum atomic E-state index is -0.287. The highest BCUT2D eigenvalue weighted by Crippen LogP contribution is 2.19. The molecule has 1 aromatic carbocycles. The average Bonchev–Trinajstić information content (AvgIpc) is 2.60. The van der Waals surface area contributed by atoms with Crippen LogP contribution in [0.1, 0.15) is 6.92 Å². The zero-order valence-electron chi connectivity index (χ0n) is 13.6. The molecule has 2 amide bonds. The first-order valence-corrected chi connectivity index (χ1v) is 7.43. The molecule has 6 heteroatoms. The van der Waals surface area contributed by atoms with Crippen molar-refractivity contribution in [2.75, 3.05) is 30.9 Å². The summed E-state index contributed by atoms with van der Waals surface area (Å²) in [6.45, 7) is 2.57. The molecule has 2 N–H and O–H groups in total. The van der Waals surface area contributed by atoms with Gasteiger partial charge in [-0.1, -0.05) is 18.2 Å². The molecule has 2 rings (SSSR count). The van der Waals surface area contributed by atoms with Gasteiger partial charge in [0.2, 0.25) is 5.88 Å². The maximum absolute atomic E-state index is 12.0. The molecule has 23 heavy (non-hydrogen) atoms. The third kappa shape index (κ3) is 4.60. The van der Waals surface area contributed by atoms with Crippen LogP contribution in [-0.4, -0.2) is 37.8 Å². The number of anilines is 2. The average molecular weight is 314 g/mol. The van der Waals surface area contributed by atoms with E-state index in [1.54, 1.807) is 18.3 Å². The van der Waals surface area contributed by atoms with Crippen molar-refractivity contribution in [3.63, 3.8) is 0 Å². The molecule has 2 aromatic rings. The van der Waals surface area contributed by atoms with Gasteiger partial charge in [-0.3, -0.25) is 0 Å². The molecule has 1 unspecified atom stereocenters. The number of nitrogens with one attached hydrogen (secondary N) is 2. The van der Waals surface area contributed by atoms with Gasteiger partial charge in [0.05, 0.1) is 7.11 Å². The molecule has 1 aromatic heterocycles. The van der Waals surface area contributed by atoms with Gasteiger partial charge in [-0.15, -0.1) is 0 Å². The molecule has 0 saturated carbocycles. The minimum absolute atomic E-state index is 0.152. The summed E-state index contributed by atoms with van der Waals surface area (Å²) in [5.74, 6) is 0.386. The fourth-order valence-electron chi connectivity index (χ4n) is 2.11. The molecule has 0 aliphatic carbocycles. The van der Waals surface area contributed by atoms with E-state index >= 15 is 0 Å². The Morgan fingerprint density at radius 3 is 2.70 bits per heavy atom. The van der Waals surface area contributed by atoms with Gasteiger partial charge in [-0.25, -0.2) is 9.78 Å². The Morgan fingerprint density at radius 2 is 2.00 bits per heavy atom. The van der Waals surface area contributed by atoms with Crippen LogP contribution >= 0.6 is 0 Å². The maximum Gasteiger partial charge on any atom is 0.319 e. The maximum atomic E-state index is 12.0. The zero-order chi connectivity index (χ0) is 16.7. The Labute approximate surface area is 136 Å². The third-order valence-corrected chi connectivity index (χ3v) is 3.60. The molecule has 0 spiro atoms. The number of rotatable bonds is 6. The number of benzene rings is 1. The van der Waals surface area contributed by atoms with Crippen molar-refractivity contribution in [1.29, 1.82) is 0 Å². The molecule has 0 aliphatic rings. The Kier molecular flexibility index (Phi) is 5.80. The van der Waals surface area contributed by atoms with Gasteiger partial charge < -0.3 is 20.3 Å². The monoisotopic (exact) mass is 314 g/mol. The van der Waals surface area contributed by atoms with Crippen LogP contribution in [0.3, 0.4) is 0 Å². The second-order valence-electron chi connectivity index (χ2n) is 5.19. The number of methoxy groups -OCH3 is 1. The number of carbonyl (C=O) groups is 1. The lowest BCUT2D eigenvalue weighted by molar-refractivity contribution is 0.251. The SMILES string of the molecule is COc1ncccc1NC(=O)NCC(C)N(C)c1ccccc1. The number of likely N-dealkylation sites (N-methyl/N-ethyl adjacent to an activating group) is 1. The molecule has 1 heterocycles. The first-order chi connectivity index (χ1) is 11.1. The van der Waals surface area contributed by atoms with Gasteiger partial charge in [0.1, 0.15) is 5.69 Å². The van der Waals surface area contributed by atoms with Crippen LogP contribution in [0.2, 0.25) is 0 Å². The molecule has 6 nitrogen and oxygen atoms in total. The van der Waals surface area contributed by atoms with E-state index in [1.807, 2.05) is 37.4 Å². The zero-order valence-corrected chi connectivity index (χ0v) is 13.6. The summed E-state index contributed by atoms with van der Waals surface area (Å²) in [6.07, 6.45) is 1.61. The van der Waals surface area contributed by atoms with Crippen LogP contribution in [0.15, 0.2) is 48.7 Å². The Bertz CT molecular complexity index is 634. The number of hydrogen-bond donors (Lipinski definition) is 2. The quantitative estimate of drug-likeness (QED) is 0.860. The van der Waals surface area contributed by atoms with Crippen LogP contribution in [0.4, 0.5) is 16.2 Å². The normalized spacial score (nSPS) is 11.4. The van der Waals surface area contributed by atoms with Crippen LogP contribution in [-0.2, 0) is 0 Å². The van der Waals surface area contributed by atoms with E-state index in [9.17, 15) is 4.79 Å². The van der Waals surface area contributed by atoms with E-state index < -0.39 is 0 Å². The van der Waals surface area contributed by atoms with Crippen LogP contribution < -0.4 is 20.3 Å². The number of urea groups is 1. The van der Waals surface area contributed by atoms with E-state index in [1.165, 1.54) is 7.11 Å². The topological polar surface area (TPSA) is 66.5 Å². The van der Waals surface area contributed by atoms with Crippen molar-refractivity contribution < 1.29 is 9.53 Å². The first kappa shape index (κ1) is 16.6. The predicted octanol–water partition coefficient (Wildman–Crippen LogP) is 2.74. The predicted molar refractivity (Wildman–Crippen MR) is 92.1 cm³/mol. The summed E-state index contributed by atoms with van der Waals surface area (Å²) in [6, 6.07) is 13.4. The van der Waals surface area contributed by atoms with Crippen molar-refractivity contribution in [1.82, 2.24) is 10.3 Å². The van der Waals surface area contributed by atoms with Gasteiger partial charge in [-0.2, -0.15) is 0 Å². The van der Waals surface area contributed by atoms with Crippen molar-refractivity contribution >= 4 is 17.4 Å². The molecular formula is C17H22N4O2. The lowest BCUT2D eigenvalue weighted by Gasteiger charge is -2.27. The van der Waals surface area contributed by atoms with E-state index in [-0.39, 0.29) is 12.1 Å². The molecule has 1 atom stereocenters. The number of amides is 2. The summed E-state index contributed by atoms with van der Waals surface area (Å²) in [5.41, 5.74) is 1.65. The van der Waals surface area contributed by atoms with Gasteiger partial charge in [-0.05, 0) is 31.2 Å². The molecule has 0 bridgehead atoms. The summed E-state index contributed by atoms with van der Waals surface area (Å²) in [4.78, 5) is 18.2. The van der Waals surface area contributed by atoms with E-state index in [0.29, 0.717) is 18.1 Å². The first-order valence-electron chi connectivity index (χ1n) is 7.43. The molecule has 122 valence electrons. The molecule has 0 fully saturated rings. The smallest absolute Gasteiger partial charge is 0.319 e. The van der Waals surface area contributed by atoms with Crippen LogP contribution in [0.25, 0.3) is 0 Å². The van der Waals surface area contributed by atoms with Crippen molar-refractivity contribution in [2.24, 2.45) is 0 Å². The van der Waals surface area contributed by atoms with Gasteiger partial charge in [0.25, 0.3) is 0 Å². The van der Waals surface area contributed by atoms with Gasteiger partial charge in [0.15, 0.2) is 0 Å². The number of aromatic nitrogens is 1. The van der Waals surface area contributed by atoms with Gasteiger partial charge >= 0.3 is 6.03 Å². The van der Waals surface area contributed by atoms with Gasteiger partial charge in [0, 0.05) is 31.5 Å². The summed E-state index contributed by atoms with van der Waals surface area (Å²) in [7, 11) is 3.52. The Balaban J connectivity index is 1.86. The van der Waals surface area contributed by atoms with Crippen molar-refractivity contribution in [2.45, 2.75) is 13.0 Å². The molecule has 0 aliphatic heterocycles. The fourth-order valence-corrected chi connectivity index (χ4v) is 2.11. The number of ether oxygens (including phenoxy) is 1. The van der Waals surface area contributed by atoms with Crippen LogP contribution in [0, 0.1) is 0 Å². The minimum Gasteiger partial charge on any atom is -0.480 e. The fraction of sp³-hybridized carbons (Fsp3) is 0.294. The highest BCUT2D eigenvalue weighted by molar-refractivity contribution is 5.90. The highest BCUT2D eigenvalue weighted by atomic mass is 16.5. The molecule has 0 saturated heterocycles. The largest absolute Gasteiger partial charge is 0.480 e. The summed E-state index contributed by atoms with van der Waals surface area (Å²) >= 11 is 0. The number of hydrogen-bond acceptors (Lipinski definition) is 4. The third-order valence-electron chi connectivity index (χ3n) is 3.60. The van der Waals surface area contributed by atoms with E-state index in [2.05, 4.69) is 27.4 Å². The molecule has 0 radical (unpaired) electrons. The second-order valence-corrected chi connectivity index (χ2v) is 5.19. The summed E-state index contributed by atoms with van der Waals surface area (Å²) < 4.78 is 5.11. The number of para-hydroxylation sites is 1. The number of carbonyl (C=O) groups excluding carboxylic acids is 1. The summed E-state index contributed by atoms with van der Waals surface area (Å²) in [5, 5.41) is 5.60. The second kappa shape index (κ2) is 8.03. The van der Waals surface area contributed by atoms with Crippen molar-refractivity contribution in [3.8, 4) is 5.88 Å².